The maximum absolute atomic E-state index is 11.5. The van der Waals surface area contributed by atoms with Crippen LogP contribution in [0.5, 0.6) is 0 Å². The van der Waals surface area contributed by atoms with E-state index < -0.39 is 15.4 Å². The van der Waals surface area contributed by atoms with E-state index in [1.165, 1.54) is 32.1 Å². The summed E-state index contributed by atoms with van der Waals surface area (Å²) in [5.41, 5.74) is 0. The normalized spacial score (nSPS) is 13.9. The van der Waals surface area contributed by atoms with Gasteiger partial charge >= 0.3 is 51.4 Å². The van der Waals surface area contributed by atoms with E-state index >= 15 is 0 Å². The minimum Gasteiger partial charge on any atom is -0.748 e. The van der Waals surface area contributed by atoms with Crippen LogP contribution in [0.2, 0.25) is 0 Å². The Kier molecular flexibility index (Phi) is 23.6. The van der Waals surface area contributed by atoms with Crippen LogP contribution in [0.25, 0.3) is 0 Å². The molecule has 0 spiro atoms. The van der Waals surface area contributed by atoms with Crippen molar-refractivity contribution in [2.75, 3.05) is 0 Å². The van der Waals surface area contributed by atoms with Crippen LogP contribution in [0.1, 0.15) is 123 Å². The van der Waals surface area contributed by atoms with E-state index in [9.17, 15) is 18.1 Å². The summed E-state index contributed by atoms with van der Waals surface area (Å²) < 4.78 is 34.4. The van der Waals surface area contributed by atoms with Gasteiger partial charge in [0.25, 0.3) is 0 Å². The molecular weight excluding hydrogens is 387 g/mol. The molecule has 0 aromatic rings. The molecule has 2 atom stereocenters. The van der Waals surface area contributed by atoms with Gasteiger partial charge in [0.2, 0.25) is 0 Å². The molecular formula is C21H43KO4S. The van der Waals surface area contributed by atoms with E-state index in [1.54, 1.807) is 0 Å². The molecule has 2 unspecified atom stereocenters. The van der Waals surface area contributed by atoms with Gasteiger partial charge in [-0.2, -0.15) is 0 Å². The molecule has 158 valence electrons. The molecule has 0 saturated carbocycles. The summed E-state index contributed by atoms with van der Waals surface area (Å²) >= 11 is 0. The van der Waals surface area contributed by atoms with Crippen molar-refractivity contribution in [2.24, 2.45) is 0 Å². The average Bonchev–Trinajstić information content (AvgIpc) is 2.56. The first kappa shape index (κ1) is 30.7. The van der Waals surface area contributed by atoms with Gasteiger partial charge in [0, 0.05) is 5.25 Å². The van der Waals surface area contributed by atoms with Gasteiger partial charge in [-0.3, -0.25) is 0 Å². The topological polar surface area (TPSA) is 77.4 Å². The Morgan fingerprint density at radius 1 is 0.704 bits per heavy atom. The molecule has 0 aliphatic carbocycles. The standard InChI is InChI=1S/C21H44O4S.K/c1-3-4-5-6-8-12-15-18-21(26(23,24)25)19-16-13-10-7-9-11-14-17-20(2)22;/h20-22H,3-19H2,1-2H3,(H,23,24,25);/q;+1/p-1. The Morgan fingerprint density at radius 3 is 1.37 bits per heavy atom. The molecule has 0 saturated heterocycles. The molecule has 4 nitrogen and oxygen atoms in total. The molecule has 6 heteroatoms. The third kappa shape index (κ3) is 22.0. The fourth-order valence-corrected chi connectivity index (χ4v) is 4.37. The van der Waals surface area contributed by atoms with Crippen LogP contribution < -0.4 is 51.4 Å². The summed E-state index contributed by atoms with van der Waals surface area (Å²) in [6, 6.07) is 0. The predicted octanol–water partition coefficient (Wildman–Crippen LogP) is 2.94. The molecule has 0 amide bonds. The first-order valence-corrected chi connectivity index (χ1v) is 12.5. The maximum atomic E-state index is 11.5. The summed E-state index contributed by atoms with van der Waals surface area (Å²) in [7, 11) is -4.15. The number of aliphatic hydroxyl groups is 1. The van der Waals surface area contributed by atoms with Crippen molar-refractivity contribution < 1.29 is 69.5 Å². The second-order valence-corrected chi connectivity index (χ2v) is 9.58. The Bertz CT molecular complexity index is 399. The largest absolute Gasteiger partial charge is 1.00 e. The predicted molar refractivity (Wildman–Crippen MR) is 109 cm³/mol. The number of unbranched alkanes of at least 4 members (excludes halogenated alkanes) is 12. The van der Waals surface area contributed by atoms with Gasteiger partial charge in [0.05, 0.1) is 16.2 Å². The van der Waals surface area contributed by atoms with Gasteiger partial charge in [0.1, 0.15) is 0 Å². The van der Waals surface area contributed by atoms with Crippen LogP contribution >= 0.6 is 0 Å². The van der Waals surface area contributed by atoms with E-state index in [2.05, 4.69) is 6.92 Å². The van der Waals surface area contributed by atoms with E-state index in [-0.39, 0.29) is 57.5 Å². The van der Waals surface area contributed by atoms with Crippen molar-refractivity contribution >= 4 is 10.1 Å². The quantitative estimate of drug-likeness (QED) is 0.194. The fraction of sp³-hybridized carbons (Fsp3) is 1.00. The van der Waals surface area contributed by atoms with Gasteiger partial charge in [-0.25, -0.2) is 8.42 Å². The molecule has 0 radical (unpaired) electrons. The van der Waals surface area contributed by atoms with Crippen molar-refractivity contribution in [3.8, 4) is 0 Å². The minimum absolute atomic E-state index is 0. The van der Waals surface area contributed by atoms with Crippen LogP contribution in [-0.2, 0) is 10.1 Å². The maximum Gasteiger partial charge on any atom is 1.00 e. The first-order chi connectivity index (χ1) is 12.4. The Balaban J connectivity index is 0. The summed E-state index contributed by atoms with van der Waals surface area (Å²) in [4.78, 5) is 0. The van der Waals surface area contributed by atoms with Crippen molar-refractivity contribution in [2.45, 2.75) is 134 Å². The first-order valence-electron chi connectivity index (χ1n) is 11.0. The van der Waals surface area contributed by atoms with Gasteiger partial charge < -0.3 is 9.66 Å². The molecule has 0 aromatic heterocycles. The Labute approximate surface area is 211 Å². The monoisotopic (exact) mass is 430 g/mol. The van der Waals surface area contributed by atoms with E-state index in [0.717, 1.165) is 64.2 Å². The van der Waals surface area contributed by atoms with Crippen molar-refractivity contribution in [3.05, 3.63) is 0 Å². The Morgan fingerprint density at radius 2 is 1.04 bits per heavy atom. The van der Waals surface area contributed by atoms with Crippen molar-refractivity contribution in [1.29, 1.82) is 0 Å². The van der Waals surface area contributed by atoms with Crippen LogP contribution in [0.4, 0.5) is 0 Å². The van der Waals surface area contributed by atoms with Gasteiger partial charge in [0.15, 0.2) is 0 Å². The smallest absolute Gasteiger partial charge is 0.748 e. The molecule has 1 N–H and O–H groups in total. The van der Waals surface area contributed by atoms with Crippen molar-refractivity contribution in [1.82, 2.24) is 0 Å². The fourth-order valence-electron chi connectivity index (χ4n) is 3.46. The number of hydrogen-bond acceptors (Lipinski definition) is 4. The molecule has 27 heavy (non-hydrogen) atoms. The molecule has 0 aromatic carbocycles. The van der Waals surface area contributed by atoms with Crippen LogP contribution in [-0.4, -0.2) is 29.4 Å². The van der Waals surface area contributed by atoms with Crippen molar-refractivity contribution in [3.63, 3.8) is 0 Å². The number of aliphatic hydroxyl groups excluding tert-OH is 1. The third-order valence-corrected chi connectivity index (χ3v) is 6.47. The summed E-state index contributed by atoms with van der Waals surface area (Å²) in [6.45, 7) is 4.02. The summed E-state index contributed by atoms with van der Waals surface area (Å²) in [6.07, 6.45) is 17.3. The SMILES string of the molecule is CCCCCCCCCC(CCCCCCCCCC(C)O)S(=O)(=O)[O-].[K+]. The molecule has 0 aliphatic heterocycles. The molecule has 0 fully saturated rings. The molecule has 0 aliphatic rings. The van der Waals surface area contributed by atoms with Gasteiger partial charge in [-0.05, 0) is 26.2 Å². The number of rotatable bonds is 19. The summed E-state index contributed by atoms with van der Waals surface area (Å²) in [5.74, 6) is 0. The zero-order valence-corrected chi connectivity index (χ0v) is 22.2. The van der Waals surface area contributed by atoms with E-state index in [4.69, 9.17) is 0 Å². The van der Waals surface area contributed by atoms with Crippen LogP contribution in [0.15, 0.2) is 0 Å². The zero-order valence-electron chi connectivity index (χ0n) is 18.3. The van der Waals surface area contributed by atoms with E-state index in [1.807, 2.05) is 6.92 Å². The third-order valence-electron chi connectivity index (χ3n) is 5.19. The second-order valence-electron chi connectivity index (χ2n) is 7.93. The molecule has 0 heterocycles. The van der Waals surface area contributed by atoms with Crippen LogP contribution in [0.3, 0.4) is 0 Å². The number of hydrogen-bond donors (Lipinski definition) is 1. The van der Waals surface area contributed by atoms with E-state index in [0.29, 0.717) is 12.8 Å². The van der Waals surface area contributed by atoms with Gasteiger partial charge in [-0.1, -0.05) is 96.8 Å². The van der Waals surface area contributed by atoms with Gasteiger partial charge in [-0.15, -0.1) is 0 Å². The second kappa shape index (κ2) is 20.8. The molecule has 0 bridgehead atoms. The summed E-state index contributed by atoms with van der Waals surface area (Å²) in [5, 5.41) is 8.52. The average molecular weight is 431 g/mol. The van der Waals surface area contributed by atoms with Crippen LogP contribution in [0, 0.1) is 0 Å². The zero-order chi connectivity index (χ0) is 19.7. The Hall–Kier alpha value is 1.51. The molecule has 0 rings (SSSR count). The minimum atomic E-state index is -4.15.